The Bertz CT molecular complexity index is 1030. The number of carbonyl (C=O) groups excluding carboxylic acids is 1. The molecule has 0 fully saturated rings. The first-order chi connectivity index (χ1) is 15.2. The van der Waals surface area contributed by atoms with Gasteiger partial charge in [-0.15, -0.1) is 18.3 Å². The molecule has 2 aromatic carbocycles. The first kappa shape index (κ1) is 23.3. The molecule has 0 aliphatic carbocycles. The molecule has 168 valence electrons. The van der Waals surface area contributed by atoms with Crippen molar-refractivity contribution in [1.82, 2.24) is 20.3 Å². The molecule has 0 aliphatic heterocycles. The molecule has 0 spiro atoms. The molecule has 0 bridgehead atoms. The second-order valence-corrected chi connectivity index (χ2v) is 6.97. The zero-order valence-corrected chi connectivity index (χ0v) is 16.7. The summed E-state index contributed by atoms with van der Waals surface area (Å²) in [5.74, 6) is -2.05. The standard InChI is InChI=1S/C20H20BF3N4O4/c22-20(23,24)32-16-8-4-5-14(11-16)12-18(21(30)31)25-19(29)9-10-28-13-17(26-27-28)15-6-2-1-3-7-15/h1-8,11,13,18,30-31H,9-10,12H2,(H,25,29). The van der Waals surface area contributed by atoms with Crippen molar-refractivity contribution >= 4 is 13.0 Å². The van der Waals surface area contributed by atoms with E-state index in [0.717, 1.165) is 17.7 Å². The summed E-state index contributed by atoms with van der Waals surface area (Å²) >= 11 is 0. The molecule has 1 amide bonds. The van der Waals surface area contributed by atoms with Gasteiger partial charge in [0.05, 0.1) is 18.7 Å². The molecule has 0 aliphatic rings. The van der Waals surface area contributed by atoms with Gasteiger partial charge < -0.3 is 20.1 Å². The van der Waals surface area contributed by atoms with Crippen LogP contribution < -0.4 is 10.1 Å². The van der Waals surface area contributed by atoms with Crippen LogP contribution in [0.3, 0.4) is 0 Å². The molecule has 3 rings (SSSR count). The van der Waals surface area contributed by atoms with Crippen LogP contribution in [0, 0.1) is 0 Å². The molecule has 3 N–H and O–H groups in total. The van der Waals surface area contributed by atoms with E-state index in [1.165, 1.54) is 16.8 Å². The van der Waals surface area contributed by atoms with E-state index < -0.39 is 31.1 Å². The van der Waals surface area contributed by atoms with Gasteiger partial charge in [0.15, 0.2) is 0 Å². The third kappa shape index (κ3) is 7.10. The second-order valence-electron chi connectivity index (χ2n) is 6.97. The molecule has 32 heavy (non-hydrogen) atoms. The first-order valence-corrected chi connectivity index (χ1v) is 9.65. The lowest BCUT2D eigenvalue weighted by molar-refractivity contribution is -0.274. The molecule has 0 saturated carbocycles. The predicted octanol–water partition coefficient (Wildman–Crippen LogP) is 1.97. The Balaban J connectivity index is 1.55. The molecule has 1 atom stereocenters. The van der Waals surface area contributed by atoms with Crippen LogP contribution in [0.2, 0.25) is 0 Å². The average Bonchev–Trinajstić information content (AvgIpc) is 3.20. The number of aromatic nitrogens is 3. The lowest BCUT2D eigenvalue weighted by Crippen LogP contribution is -2.48. The number of aryl methyl sites for hydroxylation is 1. The maximum absolute atomic E-state index is 12.4. The summed E-state index contributed by atoms with van der Waals surface area (Å²) in [6.07, 6.45) is -3.28. The van der Waals surface area contributed by atoms with E-state index in [1.54, 1.807) is 6.20 Å². The zero-order valence-electron chi connectivity index (χ0n) is 16.7. The third-order valence-corrected chi connectivity index (χ3v) is 4.47. The number of rotatable bonds is 9. The minimum absolute atomic E-state index is 0.0158. The van der Waals surface area contributed by atoms with E-state index >= 15 is 0 Å². The Morgan fingerprint density at radius 3 is 2.59 bits per heavy atom. The third-order valence-electron chi connectivity index (χ3n) is 4.47. The molecule has 0 saturated heterocycles. The van der Waals surface area contributed by atoms with Crippen LogP contribution in [0.5, 0.6) is 5.75 Å². The molecule has 3 aromatic rings. The van der Waals surface area contributed by atoms with Gasteiger partial charge in [-0.2, -0.15) is 0 Å². The molecular weight excluding hydrogens is 428 g/mol. The van der Waals surface area contributed by atoms with Crippen molar-refractivity contribution < 1.29 is 32.8 Å². The minimum atomic E-state index is -4.84. The molecule has 1 unspecified atom stereocenters. The predicted molar refractivity (Wildman–Crippen MR) is 109 cm³/mol. The number of nitrogens with zero attached hydrogens (tertiary/aromatic N) is 3. The summed E-state index contributed by atoms with van der Waals surface area (Å²) in [6, 6.07) is 14.5. The van der Waals surface area contributed by atoms with Crippen molar-refractivity contribution in [2.24, 2.45) is 0 Å². The number of carbonyl (C=O) groups is 1. The molecule has 1 heterocycles. The highest BCUT2D eigenvalue weighted by Crippen LogP contribution is 2.24. The van der Waals surface area contributed by atoms with E-state index in [0.29, 0.717) is 11.3 Å². The lowest BCUT2D eigenvalue weighted by Gasteiger charge is -2.18. The Kier molecular flexibility index (Phi) is 7.49. The highest BCUT2D eigenvalue weighted by molar-refractivity contribution is 6.43. The fraction of sp³-hybridized carbons (Fsp3) is 0.250. The summed E-state index contributed by atoms with van der Waals surface area (Å²) in [7, 11) is -1.91. The van der Waals surface area contributed by atoms with Gasteiger partial charge in [-0.1, -0.05) is 47.7 Å². The fourth-order valence-corrected chi connectivity index (χ4v) is 3.00. The first-order valence-electron chi connectivity index (χ1n) is 9.65. The van der Waals surface area contributed by atoms with Gasteiger partial charge in [-0.3, -0.25) is 9.48 Å². The van der Waals surface area contributed by atoms with Crippen LogP contribution in [0.25, 0.3) is 11.3 Å². The van der Waals surface area contributed by atoms with E-state index in [1.807, 2.05) is 30.3 Å². The van der Waals surface area contributed by atoms with Gasteiger partial charge in [0, 0.05) is 12.0 Å². The maximum atomic E-state index is 12.4. The minimum Gasteiger partial charge on any atom is -0.426 e. The maximum Gasteiger partial charge on any atom is 0.573 e. The van der Waals surface area contributed by atoms with Crippen molar-refractivity contribution in [3.05, 3.63) is 66.4 Å². The van der Waals surface area contributed by atoms with Crippen molar-refractivity contribution in [3.63, 3.8) is 0 Å². The number of halogens is 3. The van der Waals surface area contributed by atoms with E-state index in [9.17, 15) is 28.0 Å². The second kappa shape index (κ2) is 10.3. The Labute approximate surface area is 181 Å². The average molecular weight is 448 g/mol. The smallest absolute Gasteiger partial charge is 0.426 e. The van der Waals surface area contributed by atoms with Crippen molar-refractivity contribution in [2.45, 2.75) is 31.7 Å². The quantitative estimate of drug-likeness (QED) is 0.432. The Morgan fingerprint density at radius 2 is 1.91 bits per heavy atom. The number of amides is 1. The SMILES string of the molecule is O=C(CCn1cc(-c2ccccc2)nn1)NC(Cc1cccc(OC(F)(F)F)c1)B(O)O. The summed E-state index contributed by atoms with van der Waals surface area (Å²) in [5, 5.41) is 29.7. The van der Waals surface area contributed by atoms with Gasteiger partial charge in [0.2, 0.25) is 5.91 Å². The van der Waals surface area contributed by atoms with E-state index in [4.69, 9.17) is 0 Å². The van der Waals surface area contributed by atoms with Crippen LogP contribution in [0.1, 0.15) is 12.0 Å². The zero-order chi connectivity index (χ0) is 23.1. The van der Waals surface area contributed by atoms with Crippen molar-refractivity contribution in [1.29, 1.82) is 0 Å². The topological polar surface area (TPSA) is 110 Å². The number of hydrogen-bond donors (Lipinski definition) is 3. The Hall–Kier alpha value is -3.38. The fourth-order valence-electron chi connectivity index (χ4n) is 3.00. The number of nitrogens with one attached hydrogen (secondary N) is 1. The highest BCUT2D eigenvalue weighted by Gasteiger charge is 2.31. The van der Waals surface area contributed by atoms with Gasteiger partial charge >= 0.3 is 13.5 Å². The molecule has 8 nitrogen and oxygen atoms in total. The van der Waals surface area contributed by atoms with Crippen LogP contribution in [-0.4, -0.2) is 50.4 Å². The van der Waals surface area contributed by atoms with Gasteiger partial charge in [0.25, 0.3) is 0 Å². The van der Waals surface area contributed by atoms with Gasteiger partial charge in [0.1, 0.15) is 11.4 Å². The van der Waals surface area contributed by atoms with Crippen LogP contribution >= 0.6 is 0 Å². The van der Waals surface area contributed by atoms with Gasteiger partial charge in [-0.05, 0) is 24.1 Å². The highest BCUT2D eigenvalue weighted by atomic mass is 19.4. The summed E-state index contributed by atoms with van der Waals surface area (Å²) in [6.45, 7) is 0.203. The monoisotopic (exact) mass is 448 g/mol. The summed E-state index contributed by atoms with van der Waals surface area (Å²) in [4.78, 5) is 12.3. The number of alkyl halides is 3. The largest absolute Gasteiger partial charge is 0.573 e. The van der Waals surface area contributed by atoms with Crippen LogP contribution in [0.15, 0.2) is 60.8 Å². The number of ether oxygens (including phenoxy) is 1. The Morgan fingerprint density at radius 1 is 1.16 bits per heavy atom. The normalized spacial score (nSPS) is 12.3. The van der Waals surface area contributed by atoms with Crippen LogP contribution in [0.4, 0.5) is 13.2 Å². The van der Waals surface area contributed by atoms with Crippen molar-refractivity contribution in [2.75, 3.05) is 0 Å². The van der Waals surface area contributed by atoms with Crippen LogP contribution in [-0.2, 0) is 17.8 Å². The summed E-state index contributed by atoms with van der Waals surface area (Å²) in [5.41, 5.74) is 1.85. The number of benzene rings is 2. The van der Waals surface area contributed by atoms with Gasteiger partial charge in [-0.25, -0.2) is 0 Å². The van der Waals surface area contributed by atoms with E-state index in [2.05, 4.69) is 20.4 Å². The molecule has 0 radical (unpaired) electrons. The molecular formula is C20H20BF3N4O4. The lowest BCUT2D eigenvalue weighted by atomic mass is 9.76. The number of hydrogen-bond acceptors (Lipinski definition) is 6. The van der Waals surface area contributed by atoms with Crippen molar-refractivity contribution in [3.8, 4) is 17.0 Å². The molecule has 12 heteroatoms. The summed E-state index contributed by atoms with van der Waals surface area (Å²) < 4.78 is 42.5. The molecule has 1 aromatic heterocycles. The van der Waals surface area contributed by atoms with E-state index in [-0.39, 0.29) is 19.4 Å².